The lowest BCUT2D eigenvalue weighted by molar-refractivity contribution is 0.0374. The molecule has 5 nitrogen and oxygen atoms in total. The number of rotatable bonds is 8. The SMILES string of the molecule is CC1CCCC(C)N1/N=C/c1ccc(CNCCCN2CCOCC2)cc1. The fourth-order valence-electron chi connectivity index (χ4n) is 3.98. The molecule has 0 aliphatic carbocycles. The van der Waals surface area contributed by atoms with E-state index in [1.807, 2.05) is 6.21 Å². The summed E-state index contributed by atoms with van der Waals surface area (Å²) in [5.41, 5.74) is 2.51. The number of hydrogen-bond donors (Lipinski definition) is 1. The molecule has 150 valence electrons. The first-order valence-electron chi connectivity index (χ1n) is 10.6. The van der Waals surface area contributed by atoms with E-state index < -0.39 is 0 Å². The number of hydrogen-bond acceptors (Lipinski definition) is 5. The maximum Gasteiger partial charge on any atom is 0.0594 e. The van der Waals surface area contributed by atoms with Crippen LogP contribution in [0.1, 0.15) is 50.7 Å². The monoisotopic (exact) mass is 372 g/mol. The molecular formula is C22H36N4O. The average Bonchev–Trinajstić information content (AvgIpc) is 2.69. The van der Waals surface area contributed by atoms with Gasteiger partial charge in [0.25, 0.3) is 0 Å². The summed E-state index contributed by atoms with van der Waals surface area (Å²) >= 11 is 0. The van der Waals surface area contributed by atoms with Gasteiger partial charge in [-0.2, -0.15) is 5.10 Å². The van der Waals surface area contributed by atoms with Crippen molar-refractivity contribution in [2.45, 2.75) is 58.2 Å². The van der Waals surface area contributed by atoms with Crippen molar-refractivity contribution in [2.24, 2.45) is 5.10 Å². The lowest BCUT2D eigenvalue weighted by Crippen LogP contribution is -2.39. The Morgan fingerprint density at radius 2 is 1.81 bits per heavy atom. The van der Waals surface area contributed by atoms with Gasteiger partial charge in [-0.1, -0.05) is 24.3 Å². The predicted octanol–water partition coefficient (Wildman–Crippen LogP) is 3.10. The van der Waals surface area contributed by atoms with E-state index >= 15 is 0 Å². The number of morpholine rings is 1. The van der Waals surface area contributed by atoms with Gasteiger partial charge in [-0.15, -0.1) is 0 Å². The molecule has 5 heteroatoms. The molecule has 2 aliphatic heterocycles. The molecule has 0 amide bonds. The number of ether oxygens (including phenoxy) is 1. The second kappa shape index (κ2) is 10.8. The summed E-state index contributed by atoms with van der Waals surface area (Å²) in [4.78, 5) is 2.49. The van der Waals surface area contributed by atoms with Gasteiger partial charge < -0.3 is 10.1 Å². The van der Waals surface area contributed by atoms with Crippen molar-refractivity contribution in [3.8, 4) is 0 Å². The van der Waals surface area contributed by atoms with Crippen molar-refractivity contribution in [3.05, 3.63) is 35.4 Å². The van der Waals surface area contributed by atoms with Gasteiger partial charge in [0.05, 0.1) is 19.4 Å². The van der Waals surface area contributed by atoms with Crippen LogP contribution in [-0.2, 0) is 11.3 Å². The number of benzene rings is 1. The third-order valence-corrected chi connectivity index (χ3v) is 5.73. The van der Waals surface area contributed by atoms with Crippen LogP contribution in [0.5, 0.6) is 0 Å². The molecular weight excluding hydrogens is 336 g/mol. The van der Waals surface area contributed by atoms with Crippen molar-refractivity contribution in [2.75, 3.05) is 39.4 Å². The fraction of sp³-hybridized carbons (Fsp3) is 0.682. The van der Waals surface area contributed by atoms with E-state index in [2.05, 4.69) is 53.3 Å². The number of nitrogens with one attached hydrogen (secondary N) is 1. The Balaban J connectivity index is 1.36. The van der Waals surface area contributed by atoms with Crippen molar-refractivity contribution in [3.63, 3.8) is 0 Å². The Morgan fingerprint density at radius 3 is 2.52 bits per heavy atom. The van der Waals surface area contributed by atoms with Gasteiger partial charge in [-0.3, -0.25) is 9.91 Å². The summed E-state index contributed by atoms with van der Waals surface area (Å²) in [5, 5.41) is 10.6. The zero-order valence-electron chi connectivity index (χ0n) is 17.1. The van der Waals surface area contributed by atoms with E-state index in [0.29, 0.717) is 12.1 Å². The molecule has 1 N–H and O–H groups in total. The molecule has 0 spiro atoms. The van der Waals surface area contributed by atoms with Crippen LogP contribution in [0.4, 0.5) is 0 Å². The highest BCUT2D eigenvalue weighted by atomic mass is 16.5. The molecule has 2 atom stereocenters. The van der Waals surface area contributed by atoms with Gasteiger partial charge >= 0.3 is 0 Å². The molecule has 0 saturated carbocycles. The third kappa shape index (κ3) is 6.59. The number of hydrazone groups is 1. The van der Waals surface area contributed by atoms with Crippen LogP contribution in [0.15, 0.2) is 29.4 Å². The molecule has 2 heterocycles. The number of nitrogens with zero attached hydrogens (tertiary/aromatic N) is 3. The van der Waals surface area contributed by atoms with Crippen LogP contribution in [-0.4, -0.2) is 67.6 Å². The minimum atomic E-state index is 0.547. The number of piperidine rings is 1. The highest BCUT2D eigenvalue weighted by Gasteiger charge is 2.22. The average molecular weight is 373 g/mol. The molecule has 27 heavy (non-hydrogen) atoms. The van der Waals surface area contributed by atoms with Crippen LogP contribution in [0, 0.1) is 0 Å². The summed E-state index contributed by atoms with van der Waals surface area (Å²) in [7, 11) is 0. The first-order chi connectivity index (χ1) is 13.2. The second-order valence-corrected chi connectivity index (χ2v) is 7.98. The maximum atomic E-state index is 5.39. The Hall–Kier alpha value is -1.43. The minimum absolute atomic E-state index is 0.547. The predicted molar refractivity (Wildman–Crippen MR) is 112 cm³/mol. The lowest BCUT2D eigenvalue weighted by atomic mass is 10.00. The Kier molecular flexibility index (Phi) is 8.11. The van der Waals surface area contributed by atoms with Gasteiger partial charge in [-0.25, -0.2) is 0 Å². The summed E-state index contributed by atoms with van der Waals surface area (Å²) in [6.07, 6.45) is 7.02. The molecule has 3 rings (SSSR count). The lowest BCUT2D eigenvalue weighted by Gasteiger charge is -2.36. The zero-order chi connectivity index (χ0) is 18.9. The third-order valence-electron chi connectivity index (χ3n) is 5.73. The highest BCUT2D eigenvalue weighted by molar-refractivity contribution is 5.79. The van der Waals surface area contributed by atoms with E-state index in [0.717, 1.165) is 39.4 Å². The zero-order valence-corrected chi connectivity index (χ0v) is 17.1. The van der Waals surface area contributed by atoms with Crippen molar-refractivity contribution in [1.29, 1.82) is 0 Å². The fourth-order valence-corrected chi connectivity index (χ4v) is 3.98. The smallest absolute Gasteiger partial charge is 0.0594 e. The minimum Gasteiger partial charge on any atom is -0.379 e. The van der Waals surface area contributed by atoms with E-state index in [1.165, 1.54) is 43.4 Å². The van der Waals surface area contributed by atoms with Gasteiger partial charge in [-0.05, 0) is 63.7 Å². The van der Waals surface area contributed by atoms with Crippen LogP contribution >= 0.6 is 0 Å². The van der Waals surface area contributed by atoms with Crippen LogP contribution < -0.4 is 5.32 Å². The van der Waals surface area contributed by atoms with Gasteiger partial charge in [0.15, 0.2) is 0 Å². The van der Waals surface area contributed by atoms with Gasteiger partial charge in [0, 0.05) is 31.7 Å². The Labute approximate surface area is 164 Å². The highest BCUT2D eigenvalue weighted by Crippen LogP contribution is 2.22. The van der Waals surface area contributed by atoms with E-state index in [-0.39, 0.29) is 0 Å². The van der Waals surface area contributed by atoms with Crippen LogP contribution in [0.3, 0.4) is 0 Å². The summed E-state index contributed by atoms with van der Waals surface area (Å²) < 4.78 is 5.39. The molecule has 1 aromatic carbocycles. The quantitative estimate of drug-likeness (QED) is 0.562. The summed E-state index contributed by atoms with van der Waals surface area (Å²) in [6, 6.07) is 9.86. The van der Waals surface area contributed by atoms with Crippen LogP contribution in [0.2, 0.25) is 0 Å². The van der Waals surface area contributed by atoms with E-state index in [1.54, 1.807) is 0 Å². The van der Waals surface area contributed by atoms with E-state index in [9.17, 15) is 0 Å². The normalized spacial score (nSPS) is 24.6. The molecule has 2 fully saturated rings. The maximum absolute atomic E-state index is 5.39. The Bertz CT molecular complexity index is 558. The van der Waals surface area contributed by atoms with Crippen molar-refractivity contribution >= 4 is 6.21 Å². The molecule has 0 aromatic heterocycles. The molecule has 0 radical (unpaired) electrons. The molecule has 2 unspecified atom stereocenters. The summed E-state index contributed by atoms with van der Waals surface area (Å²) in [5.74, 6) is 0. The van der Waals surface area contributed by atoms with Crippen molar-refractivity contribution < 1.29 is 4.74 Å². The van der Waals surface area contributed by atoms with Gasteiger partial charge in [0.1, 0.15) is 0 Å². The summed E-state index contributed by atoms with van der Waals surface area (Å²) in [6.45, 7) is 11.7. The molecule has 2 aliphatic rings. The van der Waals surface area contributed by atoms with Crippen LogP contribution in [0.25, 0.3) is 0 Å². The van der Waals surface area contributed by atoms with Crippen molar-refractivity contribution in [1.82, 2.24) is 15.2 Å². The molecule has 1 aromatic rings. The van der Waals surface area contributed by atoms with Gasteiger partial charge in [0.2, 0.25) is 0 Å². The standard InChI is InChI=1S/C22H36N4O/c1-19-5-3-6-20(2)26(19)24-18-22-9-7-21(8-10-22)17-23-11-4-12-25-13-15-27-16-14-25/h7-10,18-20,23H,3-6,11-17H2,1-2H3/b24-18+. The van der Waals surface area contributed by atoms with E-state index in [4.69, 9.17) is 9.84 Å². The molecule has 0 bridgehead atoms. The Morgan fingerprint density at radius 1 is 1.11 bits per heavy atom. The topological polar surface area (TPSA) is 40.1 Å². The first-order valence-corrected chi connectivity index (χ1v) is 10.6. The second-order valence-electron chi connectivity index (χ2n) is 7.98. The molecule has 2 saturated heterocycles. The largest absolute Gasteiger partial charge is 0.379 e. The first kappa shape index (κ1) is 20.3.